The molecule has 0 fully saturated rings. The largest absolute Gasteiger partial charge is 0.465 e. The van der Waals surface area contributed by atoms with E-state index in [1.165, 1.54) is 7.11 Å². The highest BCUT2D eigenvalue weighted by Gasteiger charge is 2.10. The summed E-state index contributed by atoms with van der Waals surface area (Å²) in [7, 11) is 1.36. The quantitative estimate of drug-likeness (QED) is 0.741. The number of aromatic nitrogens is 1. The summed E-state index contributed by atoms with van der Waals surface area (Å²) in [4.78, 5) is 15.4. The van der Waals surface area contributed by atoms with Gasteiger partial charge in [-0.1, -0.05) is 6.92 Å². The van der Waals surface area contributed by atoms with Gasteiger partial charge < -0.3 is 10.1 Å². The Morgan fingerprint density at radius 1 is 1.64 bits per heavy atom. The number of pyridine rings is 1. The molecule has 0 amide bonds. The number of carbonyl (C=O) groups is 1. The summed E-state index contributed by atoms with van der Waals surface area (Å²) in [6, 6.07) is 3.40. The van der Waals surface area contributed by atoms with Crippen LogP contribution in [0.25, 0.3) is 0 Å². The van der Waals surface area contributed by atoms with Gasteiger partial charge in [0, 0.05) is 12.7 Å². The normalized spacial score (nSPS) is 9.57. The molecule has 0 bridgehead atoms. The van der Waals surface area contributed by atoms with Gasteiger partial charge in [-0.2, -0.15) is 0 Å². The van der Waals surface area contributed by atoms with E-state index in [9.17, 15) is 4.79 Å². The van der Waals surface area contributed by atoms with Gasteiger partial charge in [0.1, 0.15) is 11.4 Å². The van der Waals surface area contributed by atoms with Gasteiger partial charge in [-0.05, 0) is 18.6 Å². The molecule has 0 atom stereocenters. The number of nitrogens with zero attached hydrogens (tertiary/aromatic N) is 1. The molecule has 0 aromatic carbocycles. The van der Waals surface area contributed by atoms with Crippen molar-refractivity contribution in [3.8, 4) is 0 Å². The molecule has 1 N–H and O–H groups in total. The van der Waals surface area contributed by atoms with E-state index in [0.29, 0.717) is 11.4 Å². The minimum atomic E-state index is -0.364. The fourth-order valence-corrected chi connectivity index (χ4v) is 1.06. The monoisotopic (exact) mass is 194 g/mol. The zero-order chi connectivity index (χ0) is 10.4. The Balaban J connectivity index is 2.85. The lowest BCUT2D eigenvalue weighted by atomic mass is 10.2. The lowest BCUT2D eigenvalue weighted by Gasteiger charge is -2.07. The molecule has 1 aromatic heterocycles. The summed E-state index contributed by atoms with van der Waals surface area (Å²) in [5.41, 5.74) is 0.475. The average molecular weight is 194 g/mol. The molecular formula is C10H14N2O2. The summed E-state index contributed by atoms with van der Waals surface area (Å²) in [5, 5.41) is 3.07. The minimum Gasteiger partial charge on any atom is -0.465 e. The SMILES string of the molecule is CCCNc1ncccc1C(=O)OC. The van der Waals surface area contributed by atoms with Crippen molar-refractivity contribution < 1.29 is 9.53 Å². The van der Waals surface area contributed by atoms with Crippen LogP contribution in [0.3, 0.4) is 0 Å². The zero-order valence-electron chi connectivity index (χ0n) is 8.41. The van der Waals surface area contributed by atoms with E-state index in [1.54, 1.807) is 18.3 Å². The first kappa shape index (κ1) is 10.5. The van der Waals surface area contributed by atoms with Crippen molar-refractivity contribution in [1.82, 2.24) is 4.98 Å². The summed E-state index contributed by atoms with van der Waals surface area (Å²) < 4.78 is 4.64. The van der Waals surface area contributed by atoms with Crippen LogP contribution in [-0.2, 0) is 4.74 Å². The van der Waals surface area contributed by atoms with Gasteiger partial charge in [0.2, 0.25) is 0 Å². The fraction of sp³-hybridized carbons (Fsp3) is 0.400. The summed E-state index contributed by atoms with van der Waals surface area (Å²) in [6.45, 7) is 2.84. The molecule has 1 heterocycles. The Hall–Kier alpha value is -1.58. The van der Waals surface area contributed by atoms with E-state index >= 15 is 0 Å². The van der Waals surface area contributed by atoms with Crippen molar-refractivity contribution in [2.75, 3.05) is 19.0 Å². The van der Waals surface area contributed by atoms with Gasteiger partial charge in [0.15, 0.2) is 0 Å². The molecule has 76 valence electrons. The number of hydrogen-bond donors (Lipinski definition) is 1. The minimum absolute atomic E-state index is 0.364. The summed E-state index contributed by atoms with van der Waals surface area (Å²) in [6.07, 6.45) is 2.63. The van der Waals surface area contributed by atoms with Crippen molar-refractivity contribution in [2.24, 2.45) is 0 Å². The van der Waals surface area contributed by atoms with Crippen LogP contribution in [0.1, 0.15) is 23.7 Å². The Bertz CT molecular complexity index is 313. The van der Waals surface area contributed by atoms with E-state index in [-0.39, 0.29) is 5.97 Å². The molecule has 0 saturated carbocycles. The molecule has 4 nitrogen and oxygen atoms in total. The standard InChI is InChI=1S/C10H14N2O2/c1-3-6-11-9-8(10(13)14-2)5-4-7-12-9/h4-5,7H,3,6H2,1-2H3,(H,11,12). The molecule has 0 saturated heterocycles. The highest BCUT2D eigenvalue weighted by molar-refractivity contribution is 5.94. The maximum atomic E-state index is 11.3. The lowest BCUT2D eigenvalue weighted by Crippen LogP contribution is -2.10. The van der Waals surface area contributed by atoms with Crippen LogP contribution in [0.5, 0.6) is 0 Å². The molecule has 0 unspecified atom stereocenters. The molecule has 4 heteroatoms. The highest BCUT2D eigenvalue weighted by Crippen LogP contribution is 2.12. The zero-order valence-corrected chi connectivity index (χ0v) is 8.41. The number of methoxy groups -OCH3 is 1. The average Bonchev–Trinajstić information content (AvgIpc) is 2.25. The number of rotatable bonds is 4. The summed E-state index contributed by atoms with van der Waals surface area (Å²) >= 11 is 0. The third kappa shape index (κ3) is 2.45. The number of hydrogen-bond acceptors (Lipinski definition) is 4. The predicted molar refractivity (Wildman–Crippen MR) is 54.4 cm³/mol. The number of anilines is 1. The van der Waals surface area contributed by atoms with Crippen LogP contribution >= 0.6 is 0 Å². The number of ether oxygens (including phenoxy) is 1. The molecule has 0 aliphatic heterocycles. The van der Waals surface area contributed by atoms with Crippen LogP contribution in [0.15, 0.2) is 18.3 Å². The van der Waals surface area contributed by atoms with Crippen molar-refractivity contribution >= 4 is 11.8 Å². The molecule has 1 aromatic rings. The Kier molecular flexibility index (Phi) is 3.91. The van der Waals surface area contributed by atoms with Crippen LogP contribution in [-0.4, -0.2) is 24.6 Å². The predicted octanol–water partition coefficient (Wildman–Crippen LogP) is 1.69. The Labute approximate surface area is 83.3 Å². The van der Waals surface area contributed by atoms with Crippen molar-refractivity contribution in [3.63, 3.8) is 0 Å². The smallest absolute Gasteiger partial charge is 0.341 e. The maximum Gasteiger partial charge on any atom is 0.341 e. The van der Waals surface area contributed by atoms with E-state index in [0.717, 1.165) is 13.0 Å². The van der Waals surface area contributed by atoms with Crippen molar-refractivity contribution in [2.45, 2.75) is 13.3 Å². The van der Waals surface area contributed by atoms with E-state index in [1.807, 2.05) is 6.92 Å². The molecule has 0 spiro atoms. The van der Waals surface area contributed by atoms with Crippen LogP contribution in [0.2, 0.25) is 0 Å². The second kappa shape index (κ2) is 5.21. The van der Waals surface area contributed by atoms with Gasteiger partial charge >= 0.3 is 5.97 Å². The van der Waals surface area contributed by atoms with Crippen molar-refractivity contribution in [3.05, 3.63) is 23.9 Å². The molecule has 0 aliphatic rings. The molecule has 14 heavy (non-hydrogen) atoms. The molecular weight excluding hydrogens is 180 g/mol. The van der Waals surface area contributed by atoms with E-state index in [4.69, 9.17) is 0 Å². The first-order chi connectivity index (χ1) is 6.79. The van der Waals surface area contributed by atoms with Crippen LogP contribution in [0.4, 0.5) is 5.82 Å². The molecule has 0 aliphatic carbocycles. The summed E-state index contributed by atoms with van der Waals surface area (Å²) in [5.74, 6) is 0.220. The second-order valence-corrected chi connectivity index (χ2v) is 2.82. The van der Waals surface area contributed by atoms with Crippen LogP contribution < -0.4 is 5.32 Å². The van der Waals surface area contributed by atoms with Gasteiger partial charge in [-0.15, -0.1) is 0 Å². The van der Waals surface area contributed by atoms with E-state index < -0.39 is 0 Å². The van der Waals surface area contributed by atoms with E-state index in [2.05, 4.69) is 15.0 Å². The Morgan fingerprint density at radius 3 is 3.07 bits per heavy atom. The number of esters is 1. The number of carbonyl (C=O) groups excluding carboxylic acids is 1. The second-order valence-electron chi connectivity index (χ2n) is 2.82. The maximum absolute atomic E-state index is 11.3. The van der Waals surface area contributed by atoms with Gasteiger partial charge in [0.25, 0.3) is 0 Å². The third-order valence-electron chi connectivity index (χ3n) is 1.76. The molecule has 1 rings (SSSR count). The molecule has 0 radical (unpaired) electrons. The topological polar surface area (TPSA) is 51.2 Å². The first-order valence-electron chi connectivity index (χ1n) is 4.56. The fourth-order valence-electron chi connectivity index (χ4n) is 1.06. The van der Waals surface area contributed by atoms with Crippen LogP contribution in [0, 0.1) is 0 Å². The highest BCUT2D eigenvalue weighted by atomic mass is 16.5. The van der Waals surface area contributed by atoms with Gasteiger partial charge in [0.05, 0.1) is 7.11 Å². The number of nitrogens with one attached hydrogen (secondary N) is 1. The third-order valence-corrected chi connectivity index (χ3v) is 1.76. The lowest BCUT2D eigenvalue weighted by molar-refractivity contribution is 0.0601. The Morgan fingerprint density at radius 2 is 2.43 bits per heavy atom. The van der Waals surface area contributed by atoms with Gasteiger partial charge in [-0.25, -0.2) is 9.78 Å². The van der Waals surface area contributed by atoms with Crippen molar-refractivity contribution in [1.29, 1.82) is 0 Å². The first-order valence-corrected chi connectivity index (χ1v) is 4.56. The van der Waals surface area contributed by atoms with Gasteiger partial charge in [-0.3, -0.25) is 0 Å².